The van der Waals surface area contributed by atoms with Crippen molar-refractivity contribution in [3.8, 4) is 0 Å². The van der Waals surface area contributed by atoms with Gasteiger partial charge >= 0.3 is 0 Å². The van der Waals surface area contributed by atoms with Crippen LogP contribution in [-0.2, 0) is 4.79 Å². The van der Waals surface area contributed by atoms with Gasteiger partial charge in [0, 0.05) is 20.1 Å². The van der Waals surface area contributed by atoms with Gasteiger partial charge in [0.2, 0.25) is 5.91 Å². The summed E-state index contributed by atoms with van der Waals surface area (Å²) in [4.78, 5) is 13.3. The summed E-state index contributed by atoms with van der Waals surface area (Å²) in [7, 11) is 3.62. The van der Waals surface area contributed by atoms with Crippen LogP contribution in [0.15, 0.2) is 0 Å². The Morgan fingerprint density at radius 3 is 2.27 bits per heavy atom. The third-order valence-corrected chi connectivity index (χ3v) is 3.31. The standard InChI is InChI=1S/C12H24N2O/c1-9-5-7-11(8-6-9)13-10(2)12(15)14(3)4/h9-11,13H,5-8H2,1-4H3/t9?,10-,11?/m1/s1. The highest BCUT2D eigenvalue weighted by Crippen LogP contribution is 2.23. The molecule has 1 N–H and O–H groups in total. The number of hydrogen-bond donors (Lipinski definition) is 1. The molecule has 0 bridgehead atoms. The summed E-state index contributed by atoms with van der Waals surface area (Å²) in [6.45, 7) is 4.27. The molecule has 0 aromatic rings. The van der Waals surface area contributed by atoms with Crippen LogP contribution in [0.1, 0.15) is 39.5 Å². The lowest BCUT2D eigenvalue weighted by Crippen LogP contribution is -2.47. The van der Waals surface area contributed by atoms with Crippen molar-refractivity contribution < 1.29 is 4.79 Å². The van der Waals surface area contributed by atoms with Crippen LogP contribution in [0.2, 0.25) is 0 Å². The summed E-state index contributed by atoms with van der Waals surface area (Å²) in [5, 5.41) is 3.43. The minimum Gasteiger partial charge on any atom is -0.347 e. The van der Waals surface area contributed by atoms with Gasteiger partial charge in [-0.2, -0.15) is 0 Å². The summed E-state index contributed by atoms with van der Waals surface area (Å²) in [5.74, 6) is 1.04. The molecule has 0 unspecified atom stereocenters. The van der Waals surface area contributed by atoms with E-state index in [2.05, 4.69) is 12.2 Å². The fourth-order valence-electron chi connectivity index (χ4n) is 2.24. The van der Waals surface area contributed by atoms with Crippen molar-refractivity contribution in [1.82, 2.24) is 10.2 Å². The van der Waals surface area contributed by atoms with Gasteiger partial charge in [-0.05, 0) is 38.5 Å². The molecule has 88 valence electrons. The monoisotopic (exact) mass is 212 g/mol. The van der Waals surface area contributed by atoms with Crippen molar-refractivity contribution in [2.75, 3.05) is 14.1 Å². The number of likely N-dealkylation sites (N-methyl/N-ethyl adjacent to an activating group) is 1. The number of nitrogens with one attached hydrogen (secondary N) is 1. The van der Waals surface area contributed by atoms with Gasteiger partial charge in [-0.1, -0.05) is 6.92 Å². The fraction of sp³-hybridized carbons (Fsp3) is 0.917. The predicted molar refractivity (Wildman–Crippen MR) is 62.7 cm³/mol. The number of carbonyl (C=O) groups is 1. The molecule has 1 rings (SSSR count). The molecule has 3 nitrogen and oxygen atoms in total. The zero-order valence-electron chi connectivity index (χ0n) is 10.4. The topological polar surface area (TPSA) is 32.3 Å². The van der Waals surface area contributed by atoms with Crippen LogP contribution in [0.5, 0.6) is 0 Å². The van der Waals surface area contributed by atoms with Gasteiger partial charge in [0.1, 0.15) is 0 Å². The molecule has 0 radical (unpaired) electrons. The molecule has 1 aliphatic carbocycles. The van der Waals surface area contributed by atoms with Gasteiger partial charge in [-0.15, -0.1) is 0 Å². The van der Waals surface area contributed by atoms with E-state index in [0.29, 0.717) is 6.04 Å². The van der Waals surface area contributed by atoms with Crippen molar-refractivity contribution in [2.24, 2.45) is 5.92 Å². The van der Waals surface area contributed by atoms with E-state index >= 15 is 0 Å². The SMILES string of the molecule is CC1CCC(N[C@H](C)C(=O)N(C)C)CC1. The van der Waals surface area contributed by atoms with Crippen LogP contribution in [0.25, 0.3) is 0 Å². The molecule has 3 heteroatoms. The van der Waals surface area contributed by atoms with E-state index in [1.165, 1.54) is 25.7 Å². The fourth-order valence-corrected chi connectivity index (χ4v) is 2.24. The molecule has 1 saturated carbocycles. The maximum absolute atomic E-state index is 11.6. The highest BCUT2D eigenvalue weighted by molar-refractivity contribution is 5.80. The van der Waals surface area contributed by atoms with Crippen molar-refractivity contribution in [3.05, 3.63) is 0 Å². The van der Waals surface area contributed by atoms with Crippen LogP contribution in [0.4, 0.5) is 0 Å². The van der Waals surface area contributed by atoms with Gasteiger partial charge in [-0.3, -0.25) is 4.79 Å². The Kier molecular flexibility index (Phi) is 4.58. The number of amides is 1. The zero-order valence-corrected chi connectivity index (χ0v) is 10.4. The van der Waals surface area contributed by atoms with E-state index in [9.17, 15) is 4.79 Å². The molecule has 1 atom stereocenters. The lowest BCUT2D eigenvalue weighted by atomic mass is 9.87. The minimum atomic E-state index is -0.0431. The van der Waals surface area contributed by atoms with E-state index in [1.54, 1.807) is 4.90 Å². The Morgan fingerprint density at radius 1 is 1.27 bits per heavy atom. The van der Waals surface area contributed by atoms with Crippen LogP contribution in [0.3, 0.4) is 0 Å². The Hall–Kier alpha value is -0.570. The first kappa shape index (κ1) is 12.5. The van der Waals surface area contributed by atoms with Crippen molar-refractivity contribution in [3.63, 3.8) is 0 Å². The minimum absolute atomic E-state index is 0.0431. The third kappa shape index (κ3) is 3.82. The van der Waals surface area contributed by atoms with Gasteiger partial charge in [0.05, 0.1) is 6.04 Å². The highest BCUT2D eigenvalue weighted by atomic mass is 16.2. The molecular formula is C12H24N2O. The zero-order chi connectivity index (χ0) is 11.4. The second kappa shape index (κ2) is 5.50. The predicted octanol–water partition coefficient (Wildman–Crippen LogP) is 1.63. The van der Waals surface area contributed by atoms with E-state index < -0.39 is 0 Å². The van der Waals surface area contributed by atoms with Crippen molar-refractivity contribution in [1.29, 1.82) is 0 Å². The Bertz CT molecular complexity index is 208. The van der Waals surface area contributed by atoms with E-state index in [-0.39, 0.29) is 11.9 Å². The third-order valence-electron chi connectivity index (χ3n) is 3.31. The Morgan fingerprint density at radius 2 is 1.80 bits per heavy atom. The maximum Gasteiger partial charge on any atom is 0.238 e. The van der Waals surface area contributed by atoms with Gasteiger partial charge in [0.15, 0.2) is 0 Å². The summed E-state index contributed by atoms with van der Waals surface area (Å²) in [6, 6.07) is 0.499. The molecular weight excluding hydrogens is 188 g/mol. The van der Waals surface area contributed by atoms with Crippen molar-refractivity contribution >= 4 is 5.91 Å². The molecule has 0 spiro atoms. The lowest BCUT2D eigenvalue weighted by Gasteiger charge is -2.30. The summed E-state index contributed by atoms with van der Waals surface area (Å²) in [6.07, 6.45) is 5.01. The van der Waals surface area contributed by atoms with E-state index in [4.69, 9.17) is 0 Å². The average Bonchev–Trinajstić information content (AvgIpc) is 2.20. The molecule has 0 heterocycles. The second-order valence-corrected chi connectivity index (χ2v) is 5.08. The van der Waals surface area contributed by atoms with E-state index in [0.717, 1.165) is 5.92 Å². The van der Waals surface area contributed by atoms with Crippen LogP contribution < -0.4 is 5.32 Å². The lowest BCUT2D eigenvalue weighted by molar-refractivity contribution is -0.130. The Labute approximate surface area is 93.2 Å². The number of rotatable bonds is 3. The van der Waals surface area contributed by atoms with Gasteiger partial charge in [-0.25, -0.2) is 0 Å². The maximum atomic E-state index is 11.6. The van der Waals surface area contributed by atoms with Crippen LogP contribution in [0, 0.1) is 5.92 Å². The van der Waals surface area contributed by atoms with Crippen LogP contribution in [-0.4, -0.2) is 37.0 Å². The quantitative estimate of drug-likeness (QED) is 0.771. The Balaban J connectivity index is 2.32. The number of nitrogens with zero attached hydrogens (tertiary/aromatic N) is 1. The number of carbonyl (C=O) groups excluding carboxylic acids is 1. The summed E-state index contributed by atoms with van der Waals surface area (Å²) < 4.78 is 0. The first-order valence-electron chi connectivity index (χ1n) is 5.98. The molecule has 0 aromatic heterocycles. The molecule has 15 heavy (non-hydrogen) atoms. The van der Waals surface area contributed by atoms with E-state index in [1.807, 2.05) is 21.0 Å². The molecule has 1 amide bonds. The first-order valence-corrected chi connectivity index (χ1v) is 5.98. The molecule has 0 saturated heterocycles. The molecule has 1 fully saturated rings. The summed E-state index contributed by atoms with van der Waals surface area (Å²) >= 11 is 0. The second-order valence-electron chi connectivity index (χ2n) is 5.08. The van der Waals surface area contributed by atoms with Gasteiger partial charge < -0.3 is 10.2 Å². The van der Waals surface area contributed by atoms with Crippen molar-refractivity contribution in [2.45, 2.75) is 51.6 Å². The molecule has 0 aliphatic heterocycles. The smallest absolute Gasteiger partial charge is 0.238 e. The van der Waals surface area contributed by atoms with Gasteiger partial charge in [0.25, 0.3) is 0 Å². The molecule has 1 aliphatic rings. The largest absolute Gasteiger partial charge is 0.347 e. The molecule has 0 aromatic carbocycles. The first-order chi connectivity index (χ1) is 7.00. The summed E-state index contributed by atoms with van der Waals surface area (Å²) in [5.41, 5.74) is 0. The number of hydrogen-bond acceptors (Lipinski definition) is 2. The normalized spacial score (nSPS) is 28.5. The average molecular weight is 212 g/mol. The highest BCUT2D eigenvalue weighted by Gasteiger charge is 2.22. The van der Waals surface area contributed by atoms with Crippen LogP contribution >= 0.6 is 0 Å².